The number of aliphatic hydroxyl groups is 1. The minimum Gasteiger partial charge on any atom is -0.478 e. The Labute approximate surface area is 89.8 Å². The van der Waals surface area contributed by atoms with Crippen LogP contribution in [-0.4, -0.2) is 36.9 Å². The molecule has 4 nitrogen and oxygen atoms in total. The second-order valence-corrected chi connectivity index (χ2v) is 3.03. The van der Waals surface area contributed by atoms with E-state index in [1.165, 1.54) is 0 Å². The first-order valence-corrected chi connectivity index (χ1v) is 4.65. The van der Waals surface area contributed by atoms with Crippen LogP contribution < -0.4 is 4.90 Å². The van der Waals surface area contributed by atoms with Crippen molar-refractivity contribution in [1.29, 1.82) is 0 Å². The second-order valence-electron chi connectivity index (χ2n) is 3.03. The van der Waals surface area contributed by atoms with Gasteiger partial charge in [0.2, 0.25) is 0 Å². The first-order chi connectivity index (χ1) is 7.04. The Balaban J connectivity index is 0.000000583. The van der Waals surface area contributed by atoms with Crippen LogP contribution in [0.2, 0.25) is 0 Å². The molecule has 2 N–H and O–H groups in total. The maximum atomic E-state index is 10.7. The van der Waals surface area contributed by atoms with Crippen LogP contribution >= 0.6 is 0 Å². The van der Waals surface area contributed by atoms with Crippen molar-refractivity contribution >= 4 is 11.7 Å². The molecule has 0 spiro atoms. The van der Waals surface area contributed by atoms with E-state index in [0.29, 0.717) is 5.56 Å². The Kier molecular flexibility index (Phi) is 6.13. The molecule has 0 unspecified atom stereocenters. The zero-order valence-electron chi connectivity index (χ0n) is 9.27. The van der Waals surface area contributed by atoms with E-state index in [1.54, 1.807) is 30.0 Å². The maximum absolute atomic E-state index is 10.7. The zero-order valence-corrected chi connectivity index (χ0v) is 9.27. The Bertz CT molecular complexity index is 310. The molecular weight excluding hydrogens is 194 g/mol. The largest absolute Gasteiger partial charge is 0.478 e. The predicted molar refractivity (Wildman–Crippen MR) is 60.5 cm³/mol. The third-order valence-electron chi connectivity index (χ3n) is 1.62. The van der Waals surface area contributed by atoms with Crippen molar-refractivity contribution in [1.82, 2.24) is 0 Å². The molecule has 1 rings (SSSR count). The lowest BCUT2D eigenvalue weighted by Gasteiger charge is -2.14. The lowest BCUT2D eigenvalue weighted by Crippen LogP contribution is -2.13. The summed E-state index contributed by atoms with van der Waals surface area (Å²) in [4.78, 5) is 12.5. The van der Waals surface area contributed by atoms with Crippen LogP contribution in [0, 0.1) is 0 Å². The standard InChI is InChI=1S/C9H11NO2.C2H6O/c1-10(2)8-6-4-3-5-7(8)9(11)12;1-2-3/h3-6H,1-2H3,(H,11,12);3H,2H2,1H3. The van der Waals surface area contributed by atoms with Crippen LogP contribution in [0.25, 0.3) is 0 Å². The molecule has 0 fully saturated rings. The molecule has 0 bridgehead atoms. The first-order valence-electron chi connectivity index (χ1n) is 4.65. The summed E-state index contributed by atoms with van der Waals surface area (Å²) in [6.07, 6.45) is 0. The molecule has 15 heavy (non-hydrogen) atoms. The van der Waals surface area contributed by atoms with Gasteiger partial charge in [-0.3, -0.25) is 0 Å². The zero-order chi connectivity index (χ0) is 11.8. The molecule has 0 heterocycles. The number of para-hydroxylation sites is 1. The molecule has 0 atom stereocenters. The van der Waals surface area contributed by atoms with Gasteiger partial charge >= 0.3 is 5.97 Å². The average Bonchev–Trinajstić information content (AvgIpc) is 2.19. The summed E-state index contributed by atoms with van der Waals surface area (Å²) < 4.78 is 0. The van der Waals surface area contributed by atoms with E-state index in [9.17, 15) is 4.79 Å². The molecule has 4 heteroatoms. The molecule has 1 aromatic rings. The minimum atomic E-state index is -0.890. The van der Waals surface area contributed by atoms with Crippen LogP contribution in [0.4, 0.5) is 5.69 Å². The van der Waals surface area contributed by atoms with Crippen molar-refractivity contribution < 1.29 is 15.0 Å². The summed E-state index contributed by atoms with van der Waals surface area (Å²) >= 11 is 0. The van der Waals surface area contributed by atoms with E-state index < -0.39 is 5.97 Å². The van der Waals surface area contributed by atoms with Crippen molar-refractivity contribution in [3.63, 3.8) is 0 Å². The molecule has 0 aliphatic carbocycles. The van der Waals surface area contributed by atoms with Gasteiger partial charge in [-0.25, -0.2) is 4.79 Å². The Morgan fingerprint density at radius 2 is 1.80 bits per heavy atom. The van der Waals surface area contributed by atoms with Crippen molar-refractivity contribution in [3.05, 3.63) is 29.8 Å². The normalized spacial score (nSPS) is 8.80. The molecule has 0 saturated heterocycles. The highest BCUT2D eigenvalue weighted by atomic mass is 16.4. The highest BCUT2D eigenvalue weighted by molar-refractivity contribution is 5.94. The Hall–Kier alpha value is -1.55. The van der Waals surface area contributed by atoms with Crippen molar-refractivity contribution in [2.24, 2.45) is 0 Å². The molecule has 0 radical (unpaired) electrons. The van der Waals surface area contributed by atoms with Crippen LogP contribution in [0.5, 0.6) is 0 Å². The van der Waals surface area contributed by atoms with E-state index in [4.69, 9.17) is 10.2 Å². The maximum Gasteiger partial charge on any atom is 0.337 e. The van der Waals surface area contributed by atoms with E-state index in [0.717, 1.165) is 5.69 Å². The van der Waals surface area contributed by atoms with Gasteiger partial charge in [-0.1, -0.05) is 12.1 Å². The highest BCUT2D eigenvalue weighted by Crippen LogP contribution is 2.17. The summed E-state index contributed by atoms with van der Waals surface area (Å²) in [6.45, 7) is 1.93. The summed E-state index contributed by atoms with van der Waals surface area (Å²) in [6, 6.07) is 6.92. The van der Waals surface area contributed by atoms with Crippen molar-refractivity contribution in [2.75, 3.05) is 25.6 Å². The van der Waals surface area contributed by atoms with Crippen LogP contribution in [0.3, 0.4) is 0 Å². The molecule has 0 aliphatic heterocycles. The van der Waals surface area contributed by atoms with Crippen LogP contribution in [0.15, 0.2) is 24.3 Å². The summed E-state index contributed by atoms with van der Waals surface area (Å²) in [5.41, 5.74) is 1.06. The lowest BCUT2D eigenvalue weighted by molar-refractivity contribution is 0.0697. The quantitative estimate of drug-likeness (QED) is 0.777. The smallest absolute Gasteiger partial charge is 0.337 e. The Morgan fingerprint density at radius 1 is 1.33 bits per heavy atom. The van der Waals surface area contributed by atoms with Gasteiger partial charge in [0.15, 0.2) is 0 Å². The molecule has 84 valence electrons. The predicted octanol–water partition coefficient (Wildman–Crippen LogP) is 1.45. The SMILES string of the molecule is CCO.CN(C)c1ccccc1C(=O)O. The number of aromatic carboxylic acids is 1. The van der Waals surface area contributed by atoms with Crippen molar-refractivity contribution in [3.8, 4) is 0 Å². The van der Waals surface area contributed by atoms with E-state index >= 15 is 0 Å². The number of anilines is 1. The number of carboxylic acids is 1. The minimum absolute atomic E-state index is 0.250. The van der Waals surface area contributed by atoms with Gasteiger partial charge in [0.25, 0.3) is 0 Å². The number of aliphatic hydroxyl groups excluding tert-OH is 1. The van der Waals surface area contributed by atoms with Gasteiger partial charge in [0.05, 0.1) is 11.3 Å². The third kappa shape index (κ3) is 4.46. The molecule has 0 aliphatic rings. The summed E-state index contributed by atoms with van der Waals surface area (Å²) in [5.74, 6) is -0.890. The van der Waals surface area contributed by atoms with Crippen molar-refractivity contribution in [2.45, 2.75) is 6.92 Å². The van der Waals surface area contributed by atoms with Gasteiger partial charge in [0.1, 0.15) is 0 Å². The van der Waals surface area contributed by atoms with Gasteiger partial charge in [0, 0.05) is 20.7 Å². The first kappa shape index (κ1) is 13.4. The highest BCUT2D eigenvalue weighted by Gasteiger charge is 2.09. The van der Waals surface area contributed by atoms with Crippen LogP contribution in [-0.2, 0) is 0 Å². The lowest BCUT2D eigenvalue weighted by atomic mass is 10.2. The fourth-order valence-corrected chi connectivity index (χ4v) is 1.04. The van der Waals surface area contributed by atoms with Gasteiger partial charge in [-0.2, -0.15) is 0 Å². The number of hydrogen-bond donors (Lipinski definition) is 2. The topological polar surface area (TPSA) is 60.8 Å². The number of rotatable bonds is 2. The number of carbonyl (C=O) groups is 1. The van der Waals surface area contributed by atoms with Crippen LogP contribution in [0.1, 0.15) is 17.3 Å². The number of hydrogen-bond acceptors (Lipinski definition) is 3. The fraction of sp³-hybridized carbons (Fsp3) is 0.364. The molecule has 1 aromatic carbocycles. The summed E-state index contributed by atoms with van der Waals surface area (Å²) in [7, 11) is 3.64. The summed E-state index contributed by atoms with van der Waals surface area (Å²) in [5, 5.41) is 16.4. The average molecular weight is 211 g/mol. The molecule has 0 amide bonds. The van der Waals surface area contributed by atoms with Gasteiger partial charge in [-0.05, 0) is 19.1 Å². The van der Waals surface area contributed by atoms with E-state index in [2.05, 4.69) is 0 Å². The number of carboxylic acid groups (broad SMARTS) is 1. The van der Waals surface area contributed by atoms with Gasteiger partial charge < -0.3 is 15.1 Å². The third-order valence-corrected chi connectivity index (χ3v) is 1.62. The van der Waals surface area contributed by atoms with E-state index in [1.807, 2.05) is 20.2 Å². The monoisotopic (exact) mass is 211 g/mol. The van der Waals surface area contributed by atoms with Gasteiger partial charge in [-0.15, -0.1) is 0 Å². The fourth-order valence-electron chi connectivity index (χ4n) is 1.04. The number of benzene rings is 1. The molecule has 0 aromatic heterocycles. The Morgan fingerprint density at radius 3 is 2.13 bits per heavy atom. The molecule has 0 saturated carbocycles. The second kappa shape index (κ2) is 6.84. The number of nitrogens with zero attached hydrogens (tertiary/aromatic N) is 1. The molecular formula is C11H17NO3. The van der Waals surface area contributed by atoms with E-state index in [-0.39, 0.29) is 6.61 Å².